The predicted molar refractivity (Wildman–Crippen MR) is 68.3 cm³/mol. The highest BCUT2D eigenvalue weighted by atomic mass is 32.2. The molecule has 1 amide bonds. The Morgan fingerprint density at radius 3 is 2.59 bits per heavy atom. The van der Waals surface area contributed by atoms with Crippen LogP contribution in [0.2, 0.25) is 0 Å². The van der Waals surface area contributed by atoms with Crippen molar-refractivity contribution < 1.29 is 9.59 Å². The van der Waals surface area contributed by atoms with Crippen molar-refractivity contribution in [2.75, 3.05) is 0 Å². The first kappa shape index (κ1) is 12.2. The van der Waals surface area contributed by atoms with Crippen molar-refractivity contribution in [2.24, 2.45) is 0 Å². The third kappa shape index (κ3) is 3.60. The zero-order valence-corrected chi connectivity index (χ0v) is 10.5. The lowest BCUT2D eigenvalue weighted by Crippen LogP contribution is -2.32. The van der Waals surface area contributed by atoms with E-state index in [4.69, 9.17) is 0 Å². The van der Waals surface area contributed by atoms with Gasteiger partial charge in [0.25, 0.3) is 0 Å². The van der Waals surface area contributed by atoms with E-state index in [2.05, 4.69) is 5.32 Å². The molecule has 0 radical (unpaired) electrons. The Hall–Kier alpha value is -1.29. The molecule has 17 heavy (non-hydrogen) atoms. The molecular weight excluding hydrogens is 234 g/mol. The smallest absolute Gasteiger partial charge is 0.233 e. The van der Waals surface area contributed by atoms with Gasteiger partial charge in [-0.15, -0.1) is 11.8 Å². The number of carbonyl (C=O) groups excluding carboxylic acids is 2. The zero-order chi connectivity index (χ0) is 12.3. The van der Waals surface area contributed by atoms with E-state index in [9.17, 15) is 9.59 Å². The Kier molecular flexibility index (Phi) is 3.84. The molecule has 0 heterocycles. The van der Waals surface area contributed by atoms with Crippen molar-refractivity contribution in [1.82, 2.24) is 5.32 Å². The van der Waals surface area contributed by atoms with Gasteiger partial charge in [-0.25, -0.2) is 0 Å². The van der Waals surface area contributed by atoms with Gasteiger partial charge in [0.15, 0.2) is 0 Å². The highest BCUT2D eigenvalue weighted by molar-refractivity contribution is 8.00. The second-order valence-electron chi connectivity index (χ2n) is 4.23. The predicted octanol–water partition coefficient (Wildman–Crippen LogP) is 2.26. The largest absolute Gasteiger partial charge is 0.352 e. The minimum Gasteiger partial charge on any atom is -0.352 e. The maximum absolute atomic E-state index is 11.7. The zero-order valence-electron chi connectivity index (χ0n) is 9.68. The molecule has 1 unspecified atom stereocenters. The van der Waals surface area contributed by atoms with Crippen LogP contribution in [0.3, 0.4) is 0 Å². The van der Waals surface area contributed by atoms with E-state index in [1.807, 2.05) is 19.1 Å². The third-order valence-corrected chi connectivity index (χ3v) is 3.73. The molecular formula is C13H15NO2S. The second kappa shape index (κ2) is 5.36. The van der Waals surface area contributed by atoms with Crippen LogP contribution < -0.4 is 5.32 Å². The molecule has 1 atom stereocenters. The summed E-state index contributed by atoms with van der Waals surface area (Å²) in [4.78, 5) is 23.2. The molecule has 1 fully saturated rings. The van der Waals surface area contributed by atoms with Crippen LogP contribution in [0.25, 0.3) is 0 Å². The summed E-state index contributed by atoms with van der Waals surface area (Å²) in [6, 6.07) is 7.68. The number of carbonyl (C=O) groups is 2. The lowest BCUT2D eigenvalue weighted by atomic mass is 10.2. The maximum atomic E-state index is 11.7. The number of nitrogens with one attached hydrogen (secondary N) is 1. The minimum absolute atomic E-state index is 0.0944. The topological polar surface area (TPSA) is 46.2 Å². The van der Waals surface area contributed by atoms with E-state index in [-0.39, 0.29) is 11.2 Å². The molecule has 0 spiro atoms. The van der Waals surface area contributed by atoms with Crippen LogP contribution in [0.4, 0.5) is 0 Å². The number of rotatable bonds is 5. The van der Waals surface area contributed by atoms with Crippen LogP contribution >= 0.6 is 11.8 Å². The highest BCUT2D eigenvalue weighted by Gasteiger charge is 2.25. The average Bonchev–Trinajstić information content (AvgIpc) is 3.14. The molecule has 0 aliphatic heterocycles. The van der Waals surface area contributed by atoms with Crippen LogP contribution in [0.5, 0.6) is 0 Å². The lowest BCUT2D eigenvalue weighted by molar-refractivity contribution is -0.120. The van der Waals surface area contributed by atoms with Gasteiger partial charge in [-0.05, 0) is 31.9 Å². The van der Waals surface area contributed by atoms with Crippen molar-refractivity contribution in [3.63, 3.8) is 0 Å². The van der Waals surface area contributed by atoms with Gasteiger partial charge in [-0.1, -0.05) is 12.1 Å². The molecule has 4 heteroatoms. The number of thioether (sulfide) groups is 1. The first-order valence-corrected chi connectivity index (χ1v) is 6.59. The fourth-order valence-corrected chi connectivity index (χ4v) is 2.31. The van der Waals surface area contributed by atoms with E-state index >= 15 is 0 Å². The Bertz CT molecular complexity index is 412. The van der Waals surface area contributed by atoms with Crippen molar-refractivity contribution in [1.29, 1.82) is 0 Å². The summed E-state index contributed by atoms with van der Waals surface area (Å²) in [5, 5.41) is 2.88. The summed E-state index contributed by atoms with van der Waals surface area (Å²) < 4.78 is 0. The van der Waals surface area contributed by atoms with Crippen molar-refractivity contribution in [3.05, 3.63) is 29.8 Å². The standard InChI is InChI=1S/C13H15NO2S/c1-9(13(16)14-11-4-5-11)17-12-6-2-10(8-15)3-7-12/h2-3,6-9,11H,4-5H2,1H3,(H,14,16). The number of benzene rings is 1. The van der Waals surface area contributed by atoms with Crippen molar-refractivity contribution in [2.45, 2.75) is 36.0 Å². The summed E-state index contributed by atoms with van der Waals surface area (Å²) in [6.07, 6.45) is 3.03. The molecule has 1 aromatic carbocycles. The fourth-order valence-electron chi connectivity index (χ4n) is 1.43. The summed E-state index contributed by atoms with van der Waals surface area (Å²) in [6.45, 7) is 1.90. The van der Waals surface area contributed by atoms with E-state index in [1.54, 1.807) is 12.1 Å². The molecule has 2 rings (SSSR count). The average molecular weight is 249 g/mol. The molecule has 1 aliphatic rings. The molecule has 90 valence electrons. The minimum atomic E-state index is -0.0994. The summed E-state index contributed by atoms with van der Waals surface area (Å²) in [5.74, 6) is 0.0944. The second-order valence-corrected chi connectivity index (χ2v) is 5.64. The monoisotopic (exact) mass is 249 g/mol. The van der Waals surface area contributed by atoms with Gasteiger partial charge in [0.1, 0.15) is 6.29 Å². The molecule has 0 saturated heterocycles. The van der Waals surface area contributed by atoms with Gasteiger partial charge in [-0.3, -0.25) is 9.59 Å². The van der Waals surface area contributed by atoms with Crippen LogP contribution in [-0.2, 0) is 4.79 Å². The first-order chi connectivity index (χ1) is 8.19. The van der Waals surface area contributed by atoms with E-state index in [1.165, 1.54) is 11.8 Å². The number of aldehydes is 1. The molecule has 3 nitrogen and oxygen atoms in total. The number of amides is 1. The van der Waals surface area contributed by atoms with Crippen molar-refractivity contribution >= 4 is 24.0 Å². The molecule has 0 aromatic heterocycles. The first-order valence-electron chi connectivity index (χ1n) is 5.71. The maximum Gasteiger partial charge on any atom is 0.233 e. The van der Waals surface area contributed by atoms with Gasteiger partial charge in [0.2, 0.25) is 5.91 Å². The normalized spacial score (nSPS) is 16.3. The van der Waals surface area contributed by atoms with Crippen LogP contribution in [0, 0.1) is 0 Å². The Morgan fingerprint density at radius 2 is 2.06 bits per heavy atom. The van der Waals surface area contributed by atoms with E-state index in [0.717, 1.165) is 24.0 Å². The van der Waals surface area contributed by atoms with Gasteiger partial charge in [0, 0.05) is 16.5 Å². The van der Waals surface area contributed by atoms with Gasteiger partial charge < -0.3 is 5.32 Å². The van der Waals surface area contributed by atoms with E-state index < -0.39 is 0 Å². The summed E-state index contributed by atoms with van der Waals surface area (Å²) >= 11 is 1.51. The van der Waals surface area contributed by atoms with Crippen LogP contribution in [0.15, 0.2) is 29.2 Å². The van der Waals surface area contributed by atoms with Gasteiger partial charge >= 0.3 is 0 Å². The van der Waals surface area contributed by atoms with Crippen LogP contribution in [-0.4, -0.2) is 23.5 Å². The molecule has 1 saturated carbocycles. The Labute approximate surface area is 105 Å². The van der Waals surface area contributed by atoms with Gasteiger partial charge in [0.05, 0.1) is 5.25 Å². The lowest BCUT2D eigenvalue weighted by Gasteiger charge is -2.11. The molecule has 1 N–H and O–H groups in total. The SMILES string of the molecule is CC(Sc1ccc(C=O)cc1)C(=O)NC1CC1. The molecule has 1 aliphatic carbocycles. The van der Waals surface area contributed by atoms with Crippen LogP contribution in [0.1, 0.15) is 30.1 Å². The quantitative estimate of drug-likeness (QED) is 0.643. The fraction of sp³-hybridized carbons (Fsp3) is 0.385. The Balaban J connectivity index is 1.89. The summed E-state index contributed by atoms with van der Waals surface area (Å²) in [5.41, 5.74) is 0.657. The van der Waals surface area contributed by atoms with E-state index in [0.29, 0.717) is 11.6 Å². The highest BCUT2D eigenvalue weighted by Crippen LogP contribution is 2.25. The Morgan fingerprint density at radius 1 is 1.41 bits per heavy atom. The third-order valence-electron chi connectivity index (χ3n) is 2.62. The molecule has 0 bridgehead atoms. The van der Waals surface area contributed by atoms with Gasteiger partial charge in [-0.2, -0.15) is 0 Å². The number of hydrogen-bond donors (Lipinski definition) is 1. The van der Waals surface area contributed by atoms with Crippen molar-refractivity contribution in [3.8, 4) is 0 Å². The summed E-state index contributed by atoms with van der Waals surface area (Å²) in [7, 11) is 0. The number of hydrogen-bond acceptors (Lipinski definition) is 3. The molecule has 1 aromatic rings.